The van der Waals surface area contributed by atoms with Gasteiger partial charge in [0.1, 0.15) is 22.3 Å². The first-order chi connectivity index (χ1) is 12.8. The van der Waals surface area contributed by atoms with Crippen LogP contribution in [0.25, 0.3) is 0 Å². The van der Waals surface area contributed by atoms with Crippen molar-refractivity contribution in [2.45, 2.75) is 64.7 Å². The van der Waals surface area contributed by atoms with E-state index in [2.05, 4.69) is 10.1 Å². The molecule has 0 saturated carbocycles. The number of fused-ring (bicyclic) bond motifs is 1. The highest BCUT2D eigenvalue weighted by molar-refractivity contribution is 7.13. The standard InChI is InChI=1S/C19H26N4O3S/c1-11(2)23-10-15-16(21-23)14(24)9-19(26-15)5-7-22(8-6-19)18(25)17-12(3)20-13(4)27-17/h10-11,14,24H,5-9H2,1-4H3. The SMILES string of the molecule is Cc1nc(C)c(C(=O)N2CCC3(CC2)CC(O)c2nn(C(C)C)cc2O3)s1. The van der Waals surface area contributed by atoms with Crippen LogP contribution >= 0.6 is 11.3 Å². The Hall–Kier alpha value is -1.93. The molecule has 0 radical (unpaired) electrons. The molecule has 4 rings (SSSR count). The Balaban J connectivity index is 1.48. The van der Waals surface area contributed by atoms with Crippen molar-refractivity contribution < 1.29 is 14.6 Å². The van der Waals surface area contributed by atoms with E-state index < -0.39 is 11.7 Å². The summed E-state index contributed by atoms with van der Waals surface area (Å²) in [6.07, 6.45) is 3.20. The summed E-state index contributed by atoms with van der Waals surface area (Å²) >= 11 is 1.46. The molecule has 2 aliphatic heterocycles. The molecule has 2 aromatic heterocycles. The predicted molar refractivity (Wildman–Crippen MR) is 102 cm³/mol. The first kappa shape index (κ1) is 18.4. The number of piperidine rings is 1. The lowest BCUT2D eigenvalue weighted by atomic mass is 9.83. The predicted octanol–water partition coefficient (Wildman–Crippen LogP) is 3.03. The van der Waals surface area contributed by atoms with Gasteiger partial charge in [0.05, 0.1) is 16.9 Å². The van der Waals surface area contributed by atoms with Gasteiger partial charge in [-0.05, 0) is 27.7 Å². The maximum absolute atomic E-state index is 12.8. The first-order valence-corrected chi connectivity index (χ1v) is 10.3. The van der Waals surface area contributed by atoms with Gasteiger partial charge in [0, 0.05) is 38.4 Å². The van der Waals surface area contributed by atoms with E-state index in [0.717, 1.165) is 15.6 Å². The second-order valence-electron chi connectivity index (χ2n) is 7.90. The molecular weight excluding hydrogens is 364 g/mol. The maximum atomic E-state index is 12.8. The lowest BCUT2D eigenvalue weighted by Crippen LogP contribution is -2.51. The largest absolute Gasteiger partial charge is 0.483 e. The average molecular weight is 391 g/mol. The molecule has 27 heavy (non-hydrogen) atoms. The monoisotopic (exact) mass is 390 g/mol. The van der Waals surface area contributed by atoms with Crippen molar-refractivity contribution in [2.75, 3.05) is 13.1 Å². The number of rotatable bonds is 2. The van der Waals surface area contributed by atoms with Crippen LogP contribution in [0.2, 0.25) is 0 Å². The van der Waals surface area contributed by atoms with Gasteiger partial charge in [-0.15, -0.1) is 11.3 Å². The van der Waals surface area contributed by atoms with Crippen molar-refractivity contribution in [1.29, 1.82) is 0 Å². The Labute approximate surface area is 163 Å². The molecule has 0 aliphatic carbocycles. The summed E-state index contributed by atoms with van der Waals surface area (Å²) in [5, 5.41) is 16.0. The third-order valence-corrected chi connectivity index (χ3v) is 6.58. The second-order valence-corrected chi connectivity index (χ2v) is 9.10. The van der Waals surface area contributed by atoms with Crippen LogP contribution in [0.4, 0.5) is 0 Å². The fraction of sp³-hybridized carbons (Fsp3) is 0.632. The lowest BCUT2D eigenvalue weighted by molar-refractivity contribution is -0.0504. The van der Waals surface area contributed by atoms with Crippen LogP contribution in [0, 0.1) is 13.8 Å². The first-order valence-electron chi connectivity index (χ1n) is 9.47. The van der Waals surface area contributed by atoms with E-state index >= 15 is 0 Å². The fourth-order valence-corrected chi connectivity index (χ4v) is 4.87. The Kier molecular flexibility index (Phi) is 4.50. The maximum Gasteiger partial charge on any atom is 0.265 e. The molecule has 8 heteroatoms. The molecule has 7 nitrogen and oxygen atoms in total. The number of ether oxygens (including phenoxy) is 1. The minimum atomic E-state index is -0.623. The van der Waals surface area contributed by atoms with Gasteiger partial charge in [0.25, 0.3) is 5.91 Å². The van der Waals surface area contributed by atoms with E-state index in [-0.39, 0.29) is 11.9 Å². The van der Waals surface area contributed by atoms with Crippen LogP contribution in [-0.4, -0.2) is 49.4 Å². The van der Waals surface area contributed by atoms with Crippen LogP contribution in [0.5, 0.6) is 5.75 Å². The number of aliphatic hydroxyl groups is 1. The zero-order valence-electron chi connectivity index (χ0n) is 16.2. The van der Waals surface area contributed by atoms with Crippen LogP contribution in [-0.2, 0) is 0 Å². The highest BCUT2D eigenvalue weighted by atomic mass is 32.1. The lowest BCUT2D eigenvalue weighted by Gasteiger charge is -2.44. The molecule has 1 spiro atoms. The molecule has 2 aromatic rings. The zero-order valence-corrected chi connectivity index (χ0v) is 17.0. The van der Waals surface area contributed by atoms with Crippen molar-refractivity contribution >= 4 is 17.2 Å². The van der Waals surface area contributed by atoms with E-state index in [1.165, 1.54) is 11.3 Å². The van der Waals surface area contributed by atoms with Crippen molar-refractivity contribution in [2.24, 2.45) is 0 Å². The normalized spacial score (nSPS) is 21.4. The van der Waals surface area contributed by atoms with E-state index in [4.69, 9.17) is 4.74 Å². The van der Waals surface area contributed by atoms with Gasteiger partial charge in [-0.3, -0.25) is 9.48 Å². The molecule has 146 valence electrons. The number of hydrogen-bond acceptors (Lipinski definition) is 6. The second kappa shape index (κ2) is 6.60. The van der Waals surface area contributed by atoms with Gasteiger partial charge in [0.2, 0.25) is 0 Å². The number of amides is 1. The zero-order chi connectivity index (χ0) is 19.3. The summed E-state index contributed by atoms with van der Waals surface area (Å²) in [6.45, 7) is 9.15. The van der Waals surface area contributed by atoms with E-state index in [1.807, 2.05) is 43.5 Å². The molecule has 1 atom stereocenters. The van der Waals surface area contributed by atoms with Gasteiger partial charge < -0.3 is 14.7 Å². The molecule has 4 heterocycles. The van der Waals surface area contributed by atoms with E-state index in [1.54, 1.807) is 0 Å². The highest BCUT2D eigenvalue weighted by Gasteiger charge is 2.45. The summed E-state index contributed by atoms with van der Waals surface area (Å²) < 4.78 is 8.17. The number of aliphatic hydroxyl groups excluding tert-OH is 1. The van der Waals surface area contributed by atoms with Crippen molar-refractivity contribution in [1.82, 2.24) is 19.7 Å². The van der Waals surface area contributed by atoms with Crippen molar-refractivity contribution in [3.63, 3.8) is 0 Å². The summed E-state index contributed by atoms with van der Waals surface area (Å²) in [5.74, 6) is 0.730. The molecular formula is C19H26N4O3S. The number of hydrogen-bond donors (Lipinski definition) is 1. The highest BCUT2D eigenvalue weighted by Crippen LogP contribution is 2.44. The molecule has 0 aromatic carbocycles. The fourth-order valence-electron chi connectivity index (χ4n) is 3.98. The van der Waals surface area contributed by atoms with Crippen molar-refractivity contribution in [3.8, 4) is 5.75 Å². The number of likely N-dealkylation sites (tertiary alicyclic amines) is 1. The molecule has 2 aliphatic rings. The minimum absolute atomic E-state index is 0.0534. The molecule has 0 bridgehead atoms. The third-order valence-electron chi connectivity index (χ3n) is 5.52. The molecule has 1 unspecified atom stereocenters. The summed E-state index contributed by atoms with van der Waals surface area (Å²) in [7, 11) is 0. The Bertz CT molecular complexity index is 864. The number of aromatic nitrogens is 3. The summed E-state index contributed by atoms with van der Waals surface area (Å²) in [5.41, 5.74) is 1.01. The number of carbonyl (C=O) groups is 1. The van der Waals surface area contributed by atoms with Crippen LogP contribution < -0.4 is 4.74 Å². The molecule has 1 amide bonds. The minimum Gasteiger partial charge on any atom is -0.483 e. The summed E-state index contributed by atoms with van der Waals surface area (Å²) in [6, 6.07) is 0.216. The average Bonchev–Trinajstić information content (AvgIpc) is 3.18. The number of thiazole rings is 1. The Morgan fingerprint density at radius 1 is 1.37 bits per heavy atom. The number of carbonyl (C=O) groups excluding carboxylic acids is 1. The number of aryl methyl sites for hydroxylation is 2. The van der Waals surface area contributed by atoms with Gasteiger partial charge in [-0.25, -0.2) is 4.98 Å². The quantitative estimate of drug-likeness (QED) is 0.852. The van der Waals surface area contributed by atoms with Crippen molar-refractivity contribution in [3.05, 3.63) is 27.5 Å². The Morgan fingerprint density at radius 2 is 2.07 bits per heavy atom. The van der Waals surface area contributed by atoms with E-state index in [0.29, 0.717) is 43.8 Å². The molecule has 1 N–H and O–H groups in total. The van der Waals surface area contributed by atoms with Gasteiger partial charge in [-0.2, -0.15) is 5.10 Å². The Morgan fingerprint density at radius 3 is 2.67 bits per heavy atom. The van der Waals surface area contributed by atoms with Crippen LogP contribution in [0.1, 0.15) is 71.3 Å². The number of nitrogens with zero attached hydrogens (tertiary/aromatic N) is 4. The van der Waals surface area contributed by atoms with Crippen LogP contribution in [0.3, 0.4) is 0 Å². The molecule has 1 fully saturated rings. The molecule has 1 saturated heterocycles. The summed E-state index contributed by atoms with van der Waals surface area (Å²) in [4.78, 5) is 19.8. The van der Waals surface area contributed by atoms with Gasteiger partial charge >= 0.3 is 0 Å². The smallest absolute Gasteiger partial charge is 0.265 e. The van der Waals surface area contributed by atoms with E-state index in [9.17, 15) is 9.90 Å². The topological polar surface area (TPSA) is 80.5 Å². The third kappa shape index (κ3) is 3.25. The van der Waals surface area contributed by atoms with Gasteiger partial charge in [-0.1, -0.05) is 0 Å². The van der Waals surface area contributed by atoms with Gasteiger partial charge in [0.15, 0.2) is 5.75 Å². The van der Waals surface area contributed by atoms with Crippen LogP contribution in [0.15, 0.2) is 6.20 Å².